The van der Waals surface area contributed by atoms with Crippen molar-refractivity contribution in [3.05, 3.63) is 53.1 Å². The van der Waals surface area contributed by atoms with Gasteiger partial charge >= 0.3 is 5.97 Å². The molecule has 2 aromatic carbocycles. The summed E-state index contributed by atoms with van der Waals surface area (Å²) in [7, 11) is 1.68. The molecule has 0 saturated heterocycles. The molecule has 6 heteroatoms. The van der Waals surface area contributed by atoms with E-state index in [1.54, 1.807) is 19.2 Å². The zero-order chi connectivity index (χ0) is 24.0. The number of aromatic nitrogens is 1. The number of hydrogen-bond acceptors (Lipinski definition) is 3. The highest BCUT2D eigenvalue weighted by molar-refractivity contribution is 5.98. The van der Waals surface area contributed by atoms with Crippen molar-refractivity contribution in [2.45, 2.75) is 70.8 Å². The van der Waals surface area contributed by atoms with Crippen molar-refractivity contribution in [3.63, 3.8) is 0 Å². The molecular weight excluding hydrogens is 431 g/mol. The standard InChI is InChI=1S/C28H33FN2O3/c1-17(2)30-12-13-31-25-15-18(28(32)33)8-10-23(25)26(22-6-4-5-7-24(22)29)27(31)21-11-9-20(34-3)14-19(21)16-30/h8-11,14-15,17,22,24H,4-7,12-13,16H2,1-3H3,(H,32,33)/t22-,24-/m0/s1. The molecule has 2 aliphatic rings. The number of alkyl halides is 1. The molecule has 2 atom stereocenters. The summed E-state index contributed by atoms with van der Waals surface area (Å²) in [6.07, 6.45) is 2.45. The topological polar surface area (TPSA) is 54.7 Å². The van der Waals surface area contributed by atoms with E-state index in [1.807, 2.05) is 12.1 Å². The molecule has 1 aliphatic carbocycles. The third kappa shape index (κ3) is 3.88. The van der Waals surface area contributed by atoms with Crippen LogP contribution >= 0.6 is 0 Å². The number of fused-ring (bicyclic) bond motifs is 5. The molecule has 3 aromatic rings. The fourth-order valence-corrected chi connectivity index (χ4v) is 5.84. The minimum absolute atomic E-state index is 0.182. The van der Waals surface area contributed by atoms with Crippen molar-refractivity contribution in [2.24, 2.45) is 0 Å². The molecule has 2 heterocycles. The summed E-state index contributed by atoms with van der Waals surface area (Å²) in [4.78, 5) is 14.2. The number of hydrogen-bond donors (Lipinski definition) is 1. The Morgan fingerprint density at radius 3 is 2.62 bits per heavy atom. The molecule has 1 saturated carbocycles. The van der Waals surface area contributed by atoms with Gasteiger partial charge in [-0.3, -0.25) is 4.90 Å². The first-order valence-electron chi connectivity index (χ1n) is 12.3. The Labute approximate surface area is 200 Å². The quantitative estimate of drug-likeness (QED) is 0.497. The Kier molecular flexibility index (Phi) is 6.11. The molecule has 180 valence electrons. The SMILES string of the molecule is COc1ccc2c(c1)CN(C(C)C)CCn1c-2c([C@H]2CCCC[C@@H]2F)c2ccc(C(=O)O)cc21. The van der Waals surface area contributed by atoms with E-state index in [1.165, 1.54) is 0 Å². The van der Waals surface area contributed by atoms with Crippen LogP contribution < -0.4 is 4.74 Å². The maximum Gasteiger partial charge on any atom is 0.335 e. The molecule has 0 radical (unpaired) electrons. The minimum atomic E-state index is -0.945. The third-order valence-electron chi connectivity index (χ3n) is 7.69. The molecule has 5 rings (SSSR count). The minimum Gasteiger partial charge on any atom is -0.497 e. The number of rotatable bonds is 4. The first-order valence-corrected chi connectivity index (χ1v) is 12.3. The van der Waals surface area contributed by atoms with E-state index in [4.69, 9.17) is 4.74 Å². The van der Waals surface area contributed by atoms with Gasteiger partial charge in [0.25, 0.3) is 0 Å². The van der Waals surface area contributed by atoms with Crippen LogP contribution in [-0.2, 0) is 13.1 Å². The van der Waals surface area contributed by atoms with Gasteiger partial charge in [0.2, 0.25) is 0 Å². The molecule has 1 aromatic heterocycles. The maximum absolute atomic E-state index is 15.4. The van der Waals surface area contributed by atoms with Crippen LogP contribution in [0, 0.1) is 0 Å². The molecule has 1 aliphatic heterocycles. The fraction of sp³-hybridized carbons (Fsp3) is 0.464. The van der Waals surface area contributed by atoms with Gasteiger partial charge in [0.15, 0.2) is 0 Å². The van der Waals surface area contributed by atoms with E-state index < -0.39 is 12.1 Å². The van der Waals surface area contributed by atoms with E-state index >= 15 is 4.39 Å². The van der Waals surface area contributed by atoms with Gasteiger partial charge in [0, 0.05) is 48.1 Å². The van der Waals surface area contributed by atoms with Crippen LogP contribution in [0.2, 0.25) is 0 Å². The van der Waals surface area contributed by atoms with Crippen LogP contribution in [-0.4, -0.2) is 46.4 Å². The van der Waals surface area contributed by atoms with Crippen LogP contribution in [0.25, 0.3) is 22.2 Å². The molecular formula is C28H33FN2O3. The lowest BCUT2D eigenvalue weighted by molar-refractivity contribution is 0.0697. The van der Waals surface area contributed by atoms with Gasteiger partial charge in [-0.05, 0) is 68.1 Å². The second-order valence-electron chi connectivity index (χ2n) is 9.95. The van der Waals surface area contributed by atoms with Gasteiger partial charge < -0.3 is 14.4 Å². The van der Waals surface area contributed by atoms with Crippen LogP contribution in [0.4, 0.5) is 4.39 Å². The molecule has 1 fully saturated rings. The smallest absolute Gasteiger partial charge is 0.335 e. The van der Waals surface area contributed by atoms with E-state index in [0.29, 0.717) is 12.5 Å². The lowest BCUT2D eigenvalue weighted by Gasteiger charge is -2.32. The molecule has 5 nitrogen and oxygen atoms in total. The molecule has 0 amide bonds. The molecule has 0 bridgehead atoms. The number of methoxy groups -OCH3 is 1. The monoisotopic (exact) mass is 464 g/mol. The normalized spacial score (nSPS) is 21.1. The largest absolute Gasteiger partial charge is 0.497 e. The lowest BCUT2D eigenvalue weighted by atomic mass is 9.80. The van der Waals surface area contributed by atoms with Crippen molar-refractivity contribution < 1.29 is 19.0 Å². The number of aromatic carboxylic acids is 1. The number of nitrogens with zero attached hydrogens (tertiary/aromatic N) is 2. The summed E-state index contributed by atoms with van der Waals surface area (Å²) in [5, 5.41) is 10.7. The number of ether oxygens (including phenoxy) is 1. The summed E-state index contributed by atoms with van der Waals surface area (Å²) >= 11 is 0. The Hall–Kier alpha value is -2.86. The van der Waals surface area contributed by atoms with Gasteiger partial charge in [-0.1, -0.05) is 18.9 Å². The first-order chi connectivity index (χ1) is 16.4. The van der Waals surface area contributed by atoms with E-state index in [2.05, 4.69) is 35.4 Å². The second-order valence-corrected chi connectivity index (χ2v) is 9.95. The van der Waals surface area contributed by atoms with Crippen LogP contribution in [0.1, 0.15) is 66.9 Å². The van der Waals surface area contributed by atoms with Crippen molar-refractivity contribution in [1.29, 1.82) is 0 Å². The second kappa shape index (κ2) is 9.06. The Bertz CT molecular complexity index is 1230. The number of carboxylic acid groups (broad SMARTS) is 1. The number of carbonyl (C=O) groups is 1. The molecule has 0 spiro atoms. The van der Waals surface area contributed by atoms with Gasteiger partial charge in [-0.25, -0.2) is 9.18 Å². The van der Waals surface area contributed by atoms with E-state index in [9.17, 15) is 9.90 Å². The summed E-state index contributed by atoms with van der Waals surface area (Å²) in [6, 6.07) is 11.8. The Balaban J connectivity index is 1.83. The third-order valence-corrected chi connectivity index (χ3v) is 7.69. The predicted octanol–water partition coefficient (Wildman–Crippen LogP) is 6.23. The number of halogens is 1. The summed E-state index contributed by atoms with van der Waals surface area (Å²) < 4.78 is 23.2. The highest BCUT2D eigenvalue weighted by Crippen LogP contribution is 2.47. The van der Waals surface area contributed by atoms with Gasteiger partial charge in [-0.2, -0.15) is 0 Å². The number of benzene rings is 2. The zero-order valence-electron chi connectivity index (χ0n) is 20.2. The summed E-state index contributed by atoms with van der Waals surface area (Å²) in [6.45, 7) is 6.72. The van der Waals surface area contributed by atoms with E-state index in [0.717, 1.165) is 77.9 Å². The zero-order valence-corrected chi connectivity index (χ0v) is 20.2. The van der Waals surface area contributed by atoms with Crippen molar-refractivity contribution in [3.8, 4) is 17.0 Å². The summed E-state index contributed by atoms with van der Waals surface area (Å²) in [5.41, 5.74) is 5.49. The highest BCUT2D eigenvalue weighted by atomic mass is 19.1. The van der Waals surface area contributed by atoms with Gasteiger partial charge in [-0.15, -0.1) is 0 Å². The van der Waals surface area contributed by atoms with Crippen molar-refractivity contribution in [2.75, 3.05) is 13.7 Å². The van der Waals surface area contributed by atoms with Crippen LogP contribution in [0.5, 0.6) is 5.75 Å². The van der Waals surface area contributed by atoms with Crippen molar-refractivity contribution >= 4 is 16.9 Å². The first kappa shape index (κ1) is 22.9. The predicted molar refractivity (Wildman–Crippen MR) is 133 cm³/mol. The lowest BCUT2D eigenvalue weighted by Crippen LogP contribution is -2.35. The van der Waals surface area contributed by atoms with Gasteiger partial charge in [0.1, 0.15) is 11.9 Å². The molecule has 0 unspecified atom stereocenters. The average Bonchev–Trinajstić information content (AvgIpc) is 3.12. The summed E-state index contributed by atoms with van der Waals surface area (Å²) in [5.74, 6) is -0.319. The van der Waals surface area contributed by atoms with Gasteiger partial charge in [0.05, 0.1) is 18.4 Å². The van der Waals surface area contributed by atoms with Crippen LogP contribution in [0.3, 0.4) is 0 Å². The van der Waals surface area contributed by atoms with E-state index in [-0.39, 0.29) is 11.5 Å². The fourth-order valence-electron chi connectivity index (χ4n) is 5.84. The molecule has 1 N–H and O–H groups in total. The highest BCUT2D eigenvalue weighted by Gasteiger charge is 2.34. The average molecular weight is 465 g/mol. The van der Waals surface area contributed by atoms with Crippen LogP contribution in [0.15, 0.2) is 36.4 Å². The Morgan fingerprint density at radius 1 is 1.12 bits per heavy atom. The number of carboxylic acids is 1. The van der Waals surface area contributed by atoms with Crippen molar-refractivity contribution in [1.82, 2.24) is 9.47 Å². The molecule has 34 heavy (non-hydrogen) atoms. The Morgan fingerprint density at radius 2 is 1.91 bits per heavy atom. The maximum atomic E-state index is 15.4.